The molecular formula is C15H23BrN2O. The summed E-state index contributed by atoms with van der Waals surface area (Å²) in [5.41, 5.74) is 2.58. The van der Waals surface area contributed by atoms with Crippen LogP contribution in [0.15, 0.2) is 22.7 Å². The third-order valence-electron chi connectivity index (χ3n) is 3.68. The summed E-state index contributed by atoms with van der Waals surface area (Å²) in [7, 11) is 0. The summed E-state index contributed by atoms with van der Waals surface area (Å²) in [6, 6.07) is 6.73. The van der Waals surface area contributed by atoms with Crippen molar-refractivity contribution in [3.63, 3.8) is 0 Å². The first-order valence-corrected chi connectivity index (χ1v) is 7.92. The largest absolute Gasteiger partial charge is 0.394 e. The van der Waals surface area contributed by atoms with Crippen LogP contribution in [0.5, 0.6) is 0 Å². The smallest absolute Gasteiger partial charge is 0.0635 e. The van der Waals surface area contributed by atoms with E-state index in [2.05, 4.69) is 51.3 Å². The molecule has 0 amide bonds. The van der Waals surface area contributed by atoms with Gasteiger partial charge in [-0.15, -0.1) is 0 Å². The van der Waals surface area contributed by atoms with Gasteiger partial charge in [0.25, 0.3) is 0 Å². The number of nitrogens with zero attached hydrogens (tertiary/aromatic N) is 1. The Morgan fingerprint density at radius 2 is 2.32 bits per heavy atom. The van der Waals surface area contributed by atoms with E-state index in [4.69, 9.17) is 0 Å². The second kappa shape index (κ2) is 7.27. The van der Waals surface area contributed by atoms with Crippen molar-refractivity contribution in [1.29, 1.82) is 0 Å². The topological polar surface area (TPSA) is 35.5 Å². The number of aliphatic hydroxyl groups excluding tert-OH is 1. The molecule has 19 heavy (non-hydrogen) atoms. The van der Waals surface area contributed by atoms with Gasteiger partial charge < -0.3 is 15.3 Å². The van der Waals surface area contributed by atoms with Crippen molar-refractivity contribution >= 4 is 21.6 Å². The molecule has 0 aliphatic carbocycles. The van der Waals surface area contributed by atoms with E-state index in [0.29, 0.717) is 0 Å². The number of nitrogens with one attached hydrogen (secondary N) is 1. The Morgan fingerprint density at radius 3 is 3.05 bits per heavy atom. The Kier molecular flexibility index (Phi) is 5.67. The average molecular weight is 327 g/mol. The highest BCUT2D eigenvalue weighted by Gasteiger charge is 2.25. The summed E-state index contributed by atoms with van der Waals surface area (Å²) in [4.78, 5) is 2.36. The number of hydrogen-bond donors (Lipinski definition) is 2. The van der Waals surface area contributed by atoms with Crippen LogP contribution in [0.3, 0.4) is 0 Å². The first kappa shape index (κ1) is 14.8. The number of anilines is 1. The van der Waals surface area contributed by atoms with E-state index in [1.54, 1.807) is 0 Å². The molecular weight excluding hydrogens is 304 g/mol. The van der Waals surface area contributed by atoms with Crippen LogP contribution >= 0.6 is 15.9 Å². The van der Waals surface area contributed by atoms with Gasteiger partial charge in [-0.05, 0) is 49.6 Å². The van der Waals surface area contributed by atoms with Crippen molar-refractivity contribution in [2.75, 3.05) is 24.6 Å². The molecule has 106 valence electrons. The molecule has 1 aromatic rings. The van der Waals surface area contributed by atoms with Gasteiger partial charge in [0.1, 0.15) is 0 Å². The molecule has 0 spiro atoms. The van der Waals surface area contributed by atoms with Crippen LogP contribution in [0, 0.1) is 0 Å². The zero-order chi connectivity index (χ0) is 13.7. The maximum absolute atomic E-state index is 9.49. The van der Waals surface area contributed by atoms with E-state index in [0.717, 1.165) is 36.9 Å². The van der Waals surface area contributed by atoms with Crippen LogP contribution in [0.1, 0.15) is 31.7 Å². The third-order valence-corrected chi connectivity index (χ3v) is 4.17. The predicted octanol–water partition coefficient (Wildman–Crippen LogP) is 2.91. The predicted molar refractivity (Wildman–Crippen MR) is 83.6 cm³/mol. The first-order chi connectivity index (χ1) is 9.26. The maximum Gasteiger partial charge on any atom is 0.0635 e. The summed E-state index contributed by atoms with van der Waals surface area (Å²) in [5.74, 6) is 0. The molecule has 0 aromatic heterocycles. The van der Waals surface area contributed by atoms with Gasteiger partial charge in [-0.2, -0.15) is 0 Å². The molecule has 1 aliphatic heterocycles. The van der Waals surface area contributed by atoms with Gasteiger partial charge in [0.15, 0.2) is 0 Å². The average Bonchev–Trinajstić information content (AvgIpc) is 2.87. The highest BCUT2D eigenvalue weighted by molar-refractivity contribution is 9.10. The monoisotopic (exact) mass is 326 g/mol. The van der Waals surface area contributed by atoms with Crippen LogP contribution in [0.2, 0.25) is 0 Å². The minimum Gasteiger partial charge on any atom is -0.394 e. The van der Waals surface area contributed by atoms with Crippen LogP contribution < -0.4 is 10.2 Å². The molecule has 1 aromatic carbocycles. The molecule has 0 saturated carbocycles. The molecule has 2 N–H and O–H groups in total. The van der Waals surface area contributed by atoms with Crippen LogP contribution in [-0.4, -0.2) is 30.8 Å². The van der Waals surface area contributed by atoms with Crippen LogP contribution in [0.4, 0.5) is 5.69 Å². The number of benzene rings is 1. The van der Waals surface area contributed by atoms with E-state index in [9.17, 15) is 5.11 Å². The second-order valence-corrected chi connectivity index (χ2v) is 6.04. The van der Waals surface area contributed by atoms with Gasteiger partial charge in [-0.25, -0.2) is 0 Å². The molecule has 2 rings (SSSR count). The number of aliphatic hydroxyl groups is 1. The van der Waals surface area contributed by atoms with Crippen molar-refractivity contribution in [2.45, 2.75) is 38.8 Å². The lowest BCUT2D eigenvalue weighted by Gasteiger charge is -2.28. The molecule has 1 atom stereocenters. The Balaban J connectivity index is 2.18. The molecule has 1 aliphatic rings. The highest BCUT2D eigenvalue weighted by atomic mass is 79.9. The third kappa shape index (κ3) is 3.71. The van der Waals surface area contributed by atoms with E-state index in [-0.39, 0.29) is 12.6 Å². The molecule has 3 nitrogen and oxygen atoms in total. The summed E-state index contributed by atoms with van der Waals surface area (Å²) in [6.45, 7) is 5.40. The lowest BCUT2D eigenvalue weighted by atomic mass is 10.1. The van der Waals surface area contributed by atoms with Gasteiger partial charge >= 0.3 is 0 Å². The molecule has 0 bridgehead atoms. The fraction of sp³-hybridized carbons (Fsp3) is 0.600. The fourth-order valence-corrected chi connectivity index (χ4v) is 3.13. The molecule has 0 radical (unpaired) electrons. The number of hydrogen-bond acceptors (Lipinski definition) is 3. The molecule has 1 saturated heterocycles. The normalized spacial score (nSPS) is 19.1. The number of rotatable bonds is 6. The molecule has 1 fully saturated rings. The fourth-order valence-electron chi connectivity index (χ4n) is 2.72. The molecule has 4 heteroatoms. The van der Waals surface area contributed by atoms with Gasteiger partial charge in [0, 0.05) is 23.2 Å². The van der Waals surface area contributed by atoms with Crippen LogP contribution in [0.25, 0.3) is 0 Å². The van der Waals surface area contributed by atoms with Crippen molar-refractivity contribution in [3.05, 3.63) is 28.2 Å². The lowest BCUT2D eigenvalue weighted by molar-refractivity contribution is 0.266. The summed E-state index contributed by atoms with van der Waals surface area (Å²) < 4.78 is 1.12. The van der Waals surface area contributed by atoms with E-state index >= 15 is 0 Å². The lowest BCUT2D eigenvalue weighted by Crippen LogP contribution is -2.33. The Labute approximate surface area is 124 Å². The summed E-state index contributed by atoms with van der Waals surface area (Å²) >= 11 is 3.55. The first-order valence-electron chi connectivity index (χ1n) is 7.13. The van der Waals surface area contributed by atoms with E-state index in [1.165, 1.54) is 17.7 Å². The SMILES string of the molecule is CCCNCc1cc(Br)ccc1N1CCCC1CO. The van der Waals surface area contributed by atoms with Crippen molar-refractivity contribution in [3.8, 4) is 0 Å². The van der Waals surface area contributed by atoms with Gasteiger partial charge in [-0.3, -0.25) is 0 Å². The second-order valence-electron chi connectivity index (χ2n) is 5.12. The van der Waals surface area contributed by atoms with E-state index < -0.39 is 0 Å². The summed E-state index contributed by atoms with van der Waals surface area (Å²) in [6.07, 6.45) is 3.41. The van der Waals surface area contributed by atoms with Crippen molar-refractivity contribution in [2.24, 2.45) is 0 Å². The van der Waals surface area contributed by atoms with Crippen molar-refractivity contribution < 1.29 is 5.11 Å². The molecule has 1 heterocycles. The summed E-state index contributed by atoms with van der Waals surface area (Å²) in [5, 5.41) is 13.0. The Morgan fingerprint density at radius 1 is 1.47 bits per heavy atom. The minimum absolute atomic E-state index is 0.248. The maximum atomic E-state index is 9.49. The zero-order valence-electron chi connectivity index (χ0n) is 11.5. The Bertz CT molecular complexity index is 411. The zero-order valence-corrected chi connectivity index (χ0v) is 13.1. The quantitative estimate of drug-likeness (QED) is 0.789. The number of halogens is 1. The molecule has 1 unspecified atom stereocenters. The van der Waals surface area contributed by atoms with Crippen LogP contribution in [-0.2, 0) is 6.54 Å². The highest BCUT2D eigenvalue weighted by Crippen LogP contribution is 2.30. The van der Waals surface area contributed by atoms with E-state index in [1.807, 2.05) is 0 Å². The minimum atomic E-state index is 0.248. The van der Waals surface area contributed by atoms with Gasteiger partial charge in [0.2, 0.25) is 0 Å². The standard InChI is InChI=1S/C15H23BrN2O/c1-2-7-17-10-12-9-13(16)5-6-15(12)18-8-3-4-14(18)11-19/h5-6,9,14,17,19H,2-4,7-8,10-11H2,1H3. The Hall–Kier alpha value is -0.580. The van der Waals surface area contributed by atoms with Gasteiger partial charge in [0.05, 0.1) is 12.6 Å². The van der Waals surface area contributed by atoms with Crippen molar-refractivity contribution in [1.82, 2.24) is 5.32 Å². The van der Waals surface area contributed by atoms with Gasteiger partial charge in [-0.1, -0.05) is 22.9 Å².